The molecule has 0 aliphatic rings. The van der Waals surface area contributed by atoms with Gasteiger partial charge in [-0.05, 0) is 25.5 Å². The molecule has 0 atom stereocenters. The maximum Gasteiger partial charge on any atom is 0.245 e. The van der Waals surface area contributed by atoms with Crippen LogP contribution >= 0.6 is 11.3 Å². The Balaban J connectivity index is 1.72. The van der Waals surface area contributed by atoms with E-state index in [1.165, 1.54) is 4.70 Å². The van der Waals surface area contributed by atoms with E-state index in [2.05, 4.69) is 16.4 Å². The number of carbonyl (C=O) groups is 1. The van der Waals surface area contributed by atoms with Gasteiger partial charge in [-0.2, -0.15) is 0 Å². The molecule has 1 aromatic heterocycles. The fourth-order valence-electron chi connectivity index (χ4n) is 1.74. The van der Waals surface area contributed by atoms with E-state index in [9.17, 15) is 4.79 Å². The van der Waals surface area contributed by atoms with E-state index in [0.29, 0.717) is 13.2 Å². The van der Waals surface area contributed by atoms with Crippen molar-refractivity contribution in [1.82, 2.24) is 10.3 Å². The second-order valence-electron chi connectivity index (χ2n) is 4.17. The van der Waals surface area contributed by atoms with Gasteiger partial charge in [0.25, 0.3) is 0 Å². The summed E-state index contributed by atoms with van der Waals surface area (Å²) >= 11 is 1.72. The molecule has 1 aromatic carbocycles. The molecule has 102 valence electrons. The predicted molar refractivity (Wildman–Crippen MR) is 77.4 cm³/mol. The van der Waals surface area contributed by atoms with Crippen molar-refractivity contribution >= 4 is 27.5 Å². The van der Waals surface area contributed by atoms with Gasteiger partial charge in [-0.15, -0.1) is 11.3 Å². The largest absolute Gasteiger partial charge is 0.372 e. The van der Waals surface area contributed by atoms with Gasteiger partial charge in [0.2, 0.25) is 5.91 Å². The molecule has 0 aliphatic carbocycles. The summed E-state index contributed by atoms with van der Waals surface area (Å²) in [5.74, 6) is -0.0499. The fraction of sp³-hybridized carbons (Fsp3) is 0.429. The van der Waals surface area contributed by atoms with Gasteiger partial charge in [0.15, 0.2) is 0 Å². The number of nitrogens with one attached hydrogen (secondary N) is 1. The first-order valence-electron chi connectivity index (χ1n) is 6.48. The molecule has 0 unspecified atom stereocenters. The van der Waals surface area contributed by atoms with Gasteiger partial charge in [0.05, 0.1) is 15.2 Å². The smallest absolute Gasteiger partial charge is 0.245 e. The lowest BCUT2D eigenvalue weighted by atomic mass is 10.3. The summed E-state index contributed by atoms with van der Waals surface area (Å²) in [7, 11) is 0. The molecular formula is C14H18N2O2S. The zero-order valence-corrected chi connectivity index (χ0v) is 11.8. The van der Waals surface area contributed by atoms with Crippen LogP contribution in [0.25, 0.3) is 10.2 Å². The van der Waals surface area contributed by atoms with Crippen molar-refractivity contribution in [3.63, 3.8) is 0 Å². The third kappa shape index (κ3) is 4.29. The van der Waals surface area contributed by atoms with Crippen LogP contribution in [0.5, 0.6) is 0 Å². The maximum atomic E-state index is 11.3. The molecule has 0 saturated carbocycles. The molecule has 0 radical (unpaired) electrons. The molecule has 2 aromatic rings. The molecule has 5 heteroatoms. The molecule has 19 heavy (non-hydrogen) atoms. The van der Waals surface area contributed by atoms with Crippen molar-refractivity contribution < 1.29 is 9.53 Å². The average Bonchev–Trinajstić information content (AvgIpc) is 2.84. The molecular weight excluding hydrogens is 260 g/mol. The minimum Gasteiger partial charge on any atom is -0.372 e. The minimum atomic E-state index is -0.0499. The Morgan fingerprint density at radius 1 is 1.42 bits per heavy atom. The Labute approximate surface area is 116 Å². The molecule has 2 rings (SSSR count). The number of hydrogen-bond acceptors (Lipinski definition) is 4. The van der Waals surface area contributed by atoms with Crippen molar-refractivity contribution in [2.24, 2.45) is 0 Å². The van der Waals surface area contributed by atoms with E-state index in [1.807, 2.05) is 25.1 Å². The monoisotopic (exact) mass is 278 g/mol. The van der Waals surface area contributed by atoms with E-state index in [-0.39, 0.29) is 12.5 Å². The number of aromatic nitrogens is 1. The van der Waals surface area contributed by atoms with Gasteiger partial charge >= 0.3 is 0 Å². The molecule has 0 aliphatic heterocycles. The molecule has 4 nitrogen and oxygen atoms in total. The second kappa shape index (κ2) is 7.21. The van der Waals surface area contributed by atoms with Crippen LogP contribution in [0, 0.1) is 0 Å². The van der Waals surface area contributed by atoms with Gasteiger partial charge in [-0.25, -0.2) is 4.98 Å². The first kappa shape index (κ1) is 14.0. The number of hydrogen-bond donors (Lipinski definition) is 1. The first-order chi connectivity index (χ1) is 9.29. The summed E-state index contributed by atoms with van der Waals surface area (Å²) in [5, 5.41) is 3.96. The third-order valence-electron chi connectivity index (χ3n) is 2.67. The SMILES string of the molecule is CCOCC(=O)NCCCc1nc2ccccc2s1. The van der Waals surface area contributed by atoms with Crippen molar-refractivity contribution in [2.75, 3.05) is 19.8 Å². The number of nitrogens with zero attached hydrogens (tertiary/aromatic N) is 1. The Morgan fingerprint density at radius 3 is 3.05 bits per heavy atom. The number of amides is 1. The quantitative estimate of drug-likeness (QED) is 0.791. The normalized spacial score (nSPS) is 10.8. The highest BCUT2D eigenvalue weighted by Gasteiger charge is 2.03. The van der Waals surface area contributed by atoms with Gasteiger partial charge in [-0.1, -0.05) is 12.1 Å². The number of benzene rings is 1. The van der Waals surface area contributed by atoms with Crippen LogP contribution in [0.4, 0.5) is 0 Å². The zero-order valence-electron chi connectivity index (χ0n) is 11.0. The molecule has 1 N–H and O–H groups in total. The van der Waals surface area contributed by atoms with Crippen LogP contribution in [0.1, 0.15) is 18.4 Å². The van der Waals surface area contributed by atoms with Crippen LogP contribution in [0.15, 0.2) is 24.3 Å². The summed E-state index contributed by atoms with van der Waals surface area (Å²) in [4.78, 5) is 15.9. The molecule has 0 bridgehead atoms. The number of ether oxygens (including phenoxy) is 1. The summed E-state index contributed by atoms with van der Waals surface area (Å²) in [6.07, 6.45) is 1.80. The third-order valence-corrected chi connectivity index (χ3v) is 3.76. The lowest BCUT2D eigenvalue weighted by Gasteiger charge is -2.03. The Bertz CT molecular complexity index is 506. The highest BCUT2D eigenvalue weighted by atomic mass is 32.1. The molecule has 0 saturated heterocycles. The Hall–Kier alpha value is -1.46. The number of thiazole rings is 1. The van der Waals surface area contributed by atoms with Gasteiger partial charge in [0, 0.05) is 19.6 Å². The number of carbonyl (C=O) groups excluding carboxylic acids is 1. The van der Waals surface area contributed by atoms with E-state index in [1.54, 1.807) is 11.3 Å². The highest BCUT2D eigenvalue weighted by Crippen LogP contribution is 2.22. The van der Waals surface area contributed by atoms with E-state index in [0.717, 1.165) is 23.4 Å². The Morgan fingerprint density at radius 2 is 2.26 bits per heavy atom. The molecule has 0 fully saturated rings. The Kier molecular flexibility index (Phi) is 5.30. The number of fused-ring (bicyclic) bond motifs is 1. The average molecular weight is 278 g/mol. The second-order valence-corrected chi connectivity index (χ2v) is 5.28. The summed E-state index contributed by atoms with van der Waals surface area (Å²) in [6.45, 7) is 3.26. The van der Waals surface area contributed by atoms with Crippen molar-refractivity contribution in [1.29, 1.82) is 0 Å². The van der Waals surface area contributed by atoms with Gasteiger partial charge in [-0.3, -0.25) is 4.79 Å². The topological polar surface area (TPSA) is 51.2 Å². The van der Waals surface area contributed by atoms with Gasteiger partial charge < -0.3 is 10.1 Å². The van der Waals surface area contributed by atoms with Crippen LogP contribution < -0.4 is 5.32 Å². The van der Waals surface area contributed by atoms with Crippen molar-refractivity contribution in [3.05, 3.63) is 29.3 Å². The van der Waals surface area contributed by atoms with E-state index < -0.39 is 0 Å². The maximum absolute atomic E-state index is 11.3. The van der Waals surface area contributed by atoms with E-state index in [4.69, 9.17) is 4.74 Å². The molecule has 1 heterocycles. The summed E-state index contributed by atoms with van der Waals surface area (Å²) in [5.41, 5.74) is 1.06. The van der Waals surface area contributed by atoms with Gasteiger partial charge in [0.1, 0.15) is 6.61 Å². The lowest BCUT2D eigenvalue weighted by Crippen LogP contribution is -2.28. The summed E-state index contributed by atoms with van der Waals surface area (Å²) < 4.78 is 6.25. The number of rotatable bonds is 7. The van der Waals surface area contributed by atoms with Crippen molar-refractivity contribution in [2.45, 2.75) is 19.8 Å². The minimum absolute atomic E-state index is 0.0499. The predicted octanol–water partition coefficient (Wildman–Crippen LogP) is 2.38. The number of aryl methyl sites for hydroxylation is 1. The number of para-hydroxylation sites is 1. The summed E-state index contributed by atoms with van der Waals surface area (Å²) in [6, 6.07) is 8.14. The van der Waals surface area contributed by atoms with E-state index >= 15 is 0 Å². The van der Waals surface area contributed by atoms with Crippen molar-refractivity contribution in [3.8, 4) is 0 Å². The molecule has 0 spiro atoms. The van der Waals surface area contributed by atoms with Crippen LogP contribution in [-0.4, -0.2) is 30.6 Å². The van der Waals surface area contributed by atoms with Crippen LogP contribution in [0.2, 0.25) is 0 Å². The van der Waals surface area contributed by atoms with Crippen LogP contribution in [0.3, 0.4) is 0 Å². The first-order valence-corrected chi connectivity index (χ1v) is 7.30. The lowest BCUT2D eigenvalue weighted by molar-refractivity contribution is -0.125. The fourth-order valence-corrected chi connectivity index (χ4v) is 2.75. The standard InChI is InChI=1S/C14H18N2O2S/c1-2-18-10-13(17)15-9-5-8-14-16-11-6-3-4-7-12(11)19-14/h3-4,6-7H,2,5,8-10H2,1H3,(H,15,17). The zero-order chi connectivity index (χ0) is 13.5. The molecule has 1 amide bonds. The highest BCUT2D eigenvalue weighted by molar-refractivity contribution is 7.18. The van der Waals surface area contributed by atoms with Crippen LogP contribution in [-0.2, 0) is 16.0 Å².